The monoisotopic (exact) mass is 168 g/mol. The van der Waals surface area contributed by atoms with Crippen molar-refractivity contribution in [3.05, 3.63) is 0 Å². The first-order valence-electron chi connectivity index (χ1n) is 4.29. The van der Waals surface area contributed by atoms with Gasteiger partial charge < -0.3 is 5.11 Å². The van der Waals surface area contributed by atoms with E-state index < -0.39 is 5.54 Å². The summed E-state index contributed by atoms with van der Waals surface area (Å²) in [5.74, 6) is 0. The Morgan fingerprint density at radius 2 is 2.00 bits per heavy atom. The lowest BCUT2D eigenvalue weighted by atomic mass is 9.86. The highest BCUT2D eigenvalue weighted by atomic mass is 16.3. The summed E-state index contributed by atoms with van der Waals surface area (Å²) in [6.45, 7) is 3.80. The zero-order valence-corrected chi connectivity index (χ0v) is 7.91. The summed E-state index contributed by atoms with van der Waals surface area (Å²) in [5.41, 5.74) is -0.412. The molecule has 1 saturated carbocycles. The number of nitrogens with zero attached hydrogens (tertiary/aromatic N) is 2. The normalized spacial score (nSPS) is 29.7. The molecule has 3 nitrogen and oxygen atoms in total. The molecule has 0 unspecified atom stereocenters. The van der Waals surface area contributed by atoms with E-state index in [1.54, 1.807) is 0 Å². The Kier molecular flexibility index (Phi) is 2.41. The summed E-state index contributed by atoms with van der Waals surface area (Å²) in [5, 5.41) is 17.9. The van der Waals surface area contributed by atoms with Crippen molar-refractivity contribution in [2.45, 2.75) is 44.4 Å². The molecule has 1 N–H and O–H groups in total. The van der Waals surface area contributed by atoms with Crippen LogP contribution < -0.4 is 0 Å². The van der Waals surface area contributed by atoms with Gasteiger partial charge in [0.15, 0.2) is 0 Å². The first-order valence-corrected chi connectivity index (χ1v) is 4.29. The molecule has 1 rings (SSSR count). The second-order valence-corrected chi connectivity index (χ2v) is 4.06. The van der Waals surface area contributed by atoms with Gasteiger partial charge in [-0.15, -0.1) is 0 Å². The van der Waals surface area contributed by atoms with Crippen molar-refractivity contribution in [3.63, 3.8) is 0 Å². The first kappa shape index (κ1) is 9.50. The molecular formula is C9H16N2O. The molecule has 0 aromatic rings. The molecular weight excluding hydrogens is 152 g/mol. The standard InChI is InChI=1S/C9H16N2O/c1-9(2,6-10)11(3)7-4-8(12)5-7/h7-8,12H,4-5H2,1-3H3. The van der Waals surface area contributed by atoms with Crippen molar-refractivity contribution in [1.82, 2.24) is 4.90 Å². The quantitative estimate of drug-likeness (QED) is 0.661. The number of hydrogen-bond acceptors (Lipinski definition) is 3. The highest BCUT2D eigenvalue weighted by molar-refractivity contribution is 5.04. The first-order chi connectivity index (χ1) is 5.47. The van der Waals surface area contributed by atoms with Crippen LogP contribution in [0.15, 0.2) is 0 Å². The maximum Gasteiger partial charge on any atom is 0.103 e. The molecule has 0 aromatic carbocycles. The molecule has 1 fully saturated rings. The molecule has 3 heteroatoms. The van der Waals surface area contributed by atoms with Crippen LogP contribution in [-0.2, 0) is 0 Å². The zero-order valence-electron chi connectivity index (χ0n) is 7.91. The fraction of sp³-hybridized carbons (Fsp3) is 0.889. The molecule has 0 heterocycles. The van der Waals surface area contributed by atoms with Crippen LogP contribution in [0.2, 0.25) is 0 Å². The Morgan fingerprint density at radius 3 is 2.33 bits per heavy atom. The summed E-state index contributed by atoms with van der Waals surface area (Å²) >= 11 is 0. The number of hydrogen-bond donors (Lipinski definition) is 1. The molecule has 0 aliphatic heterocycles. The maximum atomic E-state index is 9.10. The third kappa shape index (κ3) is 1.60. The van der Waals surface area contributed by atoms with E-state index >= 15 is 0 Å². The summed E-state index contributed by atoms with van der Waals surface area (Å²) in [6.07, 6.45) is 1.47. The topological polar surface area (TPSA) is 47.3 Å². The molecule has 0 bridgehead atoms. The van der Waals surface area contributed by atoms with Crippen LogP contribution in [0.4, 0.5) is 0 Å². The average Bonchev–Trinajstić information content (AvgIpc) is 1.97. The average molecular weight is 168 g/mol. The minimum absolute atomic E-state index is 0.146. The molecule has 0 aromatic heterocycles. The van der Waals surface area contributed by atoms with E-state index in [-0.39, 0.29) is 6.10 Å². The third-order valence-electron chi connectivity index (χ3n) is 2.79. The van der Waals surface area contributed by atoms with Gasteiger partial charge >= 0.3 is 0 Å². The number of nitriles is 1. The maximum absolute atomic E-state index is 9.10. The predicted octanol–water partition coefficient (Wildman–Crippen LogP) is 0.744. The minimum Gasteiger partial charge on any atom is -0.393 e. The van der Waals surface area contributed by atoms with E-state index in [4.69, 9.17) is 10.4 Å². The van der Waals surface area contributed by atoms with Crippen molar-refractivity contribution in [3.8, 4) is 6.07 Å². The van der Waals surface area contributed by atoms with Crippen LogP contribution in [0.3, 0.4) is 0 Å². The van der Waals surface area contributed by atoms with E-state index in [1.165, 1.54) is 0 Å². The summed E-state index contributed by atoms with van der Waals surface area (Å²) in [7, 11) is 1.94. The minimum atomic E-state index is -0.412. The molecule has 0 amide bonds. The summed E-state index contributed by atoms with van der Waals surface area (Å²) in [6, 6.07) is 2.63. The van der Waals surface area contributed by atoms with Gasteiger partial charge in [-0.05, 0) is 33.7 Å². The fourth-order valence-electron chi connectivity index (χ4n) is 1.41. The molecule has 12 heavy (non-hydrogen) atoms. The summed E-state index contributed by atoms with van der Waals surface area (Å²) in [4.78, 5) is 2.04. The fourth-order valence-corrected chi connectivity index (χ4v) is 1.41. The highest BCUT2D eigenvalue weighted by Crippen LogP contribution is 2.29. The van der Waals surface area contributed by atoms with Crippen molar-refractivity contribution in [2.75, 3.05) is 7.05 Å². The van der Waals surface area contributed by atoms with Gasteiger partial charge in [-0.2, -0.15) is 5.26 Å². The van der Waals surface area contributed by atoms with Crippen LogP contribution in [0.1, 0.15) is 26.7 Å². The molecule has 0 atom stereocenters. The lowest BCUT2D eigenvalue weighted by Gasteiger charge is -2.43. The lowest BCUT2D eigenvalue weighted by Crippen LogP contribution is -2.53. The van der Waals surface area contributed by atoms with Gasteiger partial charge in [0.05, 0.1) is 12.2 Å². The molecule has 1 aliphatic rings. The Bertz CT molecular complexity index is 201. The number of rotatable bonds is 2. The van der Waals surface area contributed by atoms with E-state index in [0.29, 0.717) is 6.04 Å². The van der Waals surface area contributed by atoms with E-state index in [9.17, 15) is 0 Å². The van der Waals surface area contributed by atoms with Crippen LogP contribution >= 0.6 is 0 Å². The Morgan fingerprint density at radius 1 is 1.50 bits per heavy atom. The van der Waals surface area contributed by atoms with Crippen LogP contribution in [-0.4, -0.2) is 34.7 Å². The van der Waals surface area contributed by atoms with Crippen LogP contribution in [0.25, 0.3) is 0 Å². The molecule has 68 valence electrons. The van der Waals surface area contributed by atoms with Gasteiger partial charge in [-0.3, -0.25) is 4.90 Å². The third-order valence-corrected chi connectivity index (χ3v) is 2.79. The Balaban J connectivity index is 2.49. The van der Waals surface area contributed by atoms with Crippen molar-refractivity contribution < 1.29 is 5.11 Å². The van der Waals surface area contributed by atoms with Gasteiger partial charge in [0, 0.05) is 6.04 Å². The van der Waals surface area contributed by atoms with E-state index in [2.05, 4.69) is 6.07 Å². The lowest BCUT2D eigenvalue weighted by molar-refractivity contribution is -0.0124. The SMILES string of the molecule is CN(C1CC(O)C1)C(C)(C)C#N. The predicted molar refractivity (Wildman–Crippen MR) is 46.5 cm³/mol. The summed E-state index contributed by atoms with van der Waals surface area (Å²) < 4.78 is 0. The molecule has 0 spiro atoms. The second kappa shape index (κ2) is 3.04. The van der Waals surface area contributed by atoms with Gasteiger partial charge in [0.25, 0.3) is 0 Å². The van der Waals surface area contributed by atoms with Gasteiger partial charge in [-0.25, -0.2) is 0 Å². The number of aliphatic hydroxyl groups excluding tert-OH is 1. The smallest absolute Gasteiger partial charge is 0.103 e. The largest absolute Gasteiger partial charge is 0.393 e. The van der Waals surface area contributed by atoms with Gasteiger partial charge in [0.2, 0.25) is 0 Å². The van der Waals surface area contributed by atoms with Crippen molar-refractivity contribution in [2.24, 2.45) is 0 Å². The van der Waals surface area contributed by atoms with E-state index in [0.717, 1.165) is 12.8 Å². The Labute approximate surface area is 73.6 Å². The second-order valence-electron chi connectivity index (χ2n) is 4.06. The van der Waals surface area contributed by atoms with Crippen molar-refractivity contribution in [1.29, 1.82) is 5.26 Å². The number of aliphatic hydroxyl groups is 1. The highest BCUT2D eigenvalue weighted by Gasteiger charge is 2.37. The van der Waals surface area contributed by atoms with Crippen LogP contribution in [0.5, 0.6) is 0 Å². The Hall–Kier alpha value is -0.590. The van der Waals surface area contributed by atoms with Crippen LogP contribution in [0, 0.1) is 11.3 Å². The molecule has 1 aliphatic carbocycles. The van der Waals surface area contributed by atoms with Gasteiger partial charge in [0.1, 0.15) is 5.54 Å². The van der Waals surface area contributed by atoms with E-state index in [1.807, 2.05) is 25.8 Å². The van der Waals surface area contributed by atoms with Gasteiger partial charge in [-0.1, -0.05) is 0 Å². The zero-order chi connectivity index (χ0) is 9.35. The molecule has 0 radical (unpaired) electrons. The molecule has 0 saturated heterocycles. The van der Waals surface area contributed by atoms with Crippen molar-refractivity contribution >= 4 is 0 Å².